The van der Waals surface area contributed by atoms with Crippen LogP contribution in [0.5, 0.6) is 0 Å². The minimum Gasteiger partial charge on any atom is -0.381 e. The van der Waals surface area contributed by atoms with Gasteiger partial charge in [0.2, 0.25) is 0 Å². The topological polar surface area (TPSA) is 62.8 Å². The van der Waals surface area contributed by atoms with E-state index >= 15 is 0 Å². The van der Waals surface area contributed by atoms with Gasteiger partial charge in [0.15, 0.2) is 0 Å². The lowest BCUT2D eigenvalue weighted by Gasteiger charge is -2.38. The zero-order valence-electron chi connectivity index (χ0n) is 19.2. The minimum absolute atomic E-state index is 0.0170. The number of hydrogen-bond donors (Lipinski definition) is 2. The van der Waals surface area contributed by atoms with Gasteiger partial charge in [-0.05, 0) is 57.1 Å². The van der Waals surface area contributed by atoms with Gasteiger partial charge < -0.3 is 25.0 Å². The number of urea groups is 1. The summed E-state index contributed by atoms with van der Waals surface area (Å²) in [5.41, 5.74) is 1.20. The SMILES string of the molecule is C[CH]CO[C@@H](c1ccccc1)[C@@H]1CCCN(C(=O)N[C@H](CNC)CC2CCOCC2)C1. The Hall–Kier alpha value is -1.63. The molecule has 173 valence electrons. The molecule has 0 aliphatic carbocycles. The molecule has 0 bridgehead atoms. The van der Waals surface area contributed by atoms with Gasteiger partial charge in [-0.3, -0.25) is 0 Å². The van der Waals surface area contributed by atoms with Gasteiger partial charge in [-0.15, -0.1) is 0 Å². The van der Waals surface area contributed by atoms with Crippen molar-refractivity contribution in [3.8, 4) is 0 Å². The van der Waals surface area contributed by atoms with E-state index in [-0.39, 0.29) is 18.2 Å². The van der Waals surface area contributed by atoms with Crippen molar-refractivity contribution < 1.29 is 14.3 Å². The molecule has 2 amide bonds. The molecule has 6 nitrogen and oxygen atoms in total. The number of hydrogen-bond acceptors (Lipinski definition) is 4. The third-order valence-corrected chi connectivity index (χ3v) is 6.48. The summed E-state index contributed by atoms with van der Waals surface area (Å²) in [6, 6.07) is 10.6. The smallest absolute Gasteiger partial charge is 0.317 e. The van der Waals surface area contributed by atoms with Crippen molar-refractivity contribution in [2.24, 2.45) is 11.8 Å². The zero-order valence-corrected chi connectivity index (χ0v) is 19.2. The van der Waals surface area contributed by atoms with Crippen molar-refractivity contribution in [2.75, 3.05) is 46.5 Å². The summed E-state index contributed by atoms with van der Waals surface area (Å²) in [6.45, 7) is 6.67. The zero-order chi connectivity index (χ0) is 21.9. The van der Waals surface area contributed by atoms with Gasteiger partial charge >= 0.3 is 6.03 Å². The van der Waals surface area contributed by atoms with Crippen LogP contribution in [0.1, 0.15) is 50.7 Å². The Morgan fingerprint density at radius 2 is 2.03 bits per heavy atom. The van der Waals surface area contributed by atoms with E-state index in [9.17, 15) is 4.79 Å². The lowest BCUT2D eigenvalue weighted by atomic mass is 9.88. The van der Waals surface area contributed by atoms with E-state index in [2.05, 4.69) is 34.9 Å². The Labute approximate surface area is 188 Å². The van der Waals surface area contributed by atoms with Crippen LogP contribution in [-0.4, -0.2) is 63.5 Å². The summed E-state index contributed by atoms with van der Waals surface area (Å²) in [5.74, 6) is 0.933. The number of nitrogens with zero attached hydrogens (tertiary/aromatic N) is 1. The monoisotopic (exact) mass is 430 g/mol. The second-order valence-electron chi connectivity index (χ2n) is 8.92. The van der Waals surface area contributed by atoms with E-state index in [0.29, 0.717) is 18.4 Å². The Balaban J connectivity index is 1.59. The van der Waals surface area contributed by atoms with Crippen molar-refractivity contribution in [3.63, 3.8) is 0 Å². The average molecular weight is 431 g/mol. The van der Waals surface area contributed by atoms with Gasteiger partial charge in [0, 0.05) is 44.8 Å². The molecular weight excluding hydrogens is 390 g/mol. The Morgan fingerprint density at radius 1 is 1.26 bits per heavy atom. The molecule has 6 heteroatoms. The highest BCUT2D eigenvalue weighted by Crippen LogP contribution is 2.33. The molecule has 3 rings (SSSR count). The molecule has 2 aliphatic heterocycles. The maximum Gasteiger partial charge on any atom is 0.317 e. The quantitative estimate of drug-likeness (QED) is 0.593. The number of rotatable bonds is 10. The second-order valence-corrected chi connectivity index (χ2v) is 8.92. The van der Waals surface area contributed by atoms with E-state index in [1.54, 1.807) is 0 Å². The average Bonchev–Trinajstić information content (AvgIpc) is 2.81. The number of likely N-dealkylation sites (N-methyl/N-ethyl adjacent to an activating group) is 1. The summed E-state index contributed by atoms with van der Waals surface area (Å²) in [4.78, 5) is 15.2. The van der Waals surface area contributed by atoms with Gasteiger partial charge in [-0.2, -0.15) is 0 Å². The summed E-state index contributed by atoms with van der Waals surface area (Å²) < 4.78 is 11.7. The Bertz CT molecular complexity index is 636. The number of carbonyl (C=O) groups excluding carboxylic acids is 1. The fraction of sp³-hybridized carbons (Fsp3) is 0.680. The molecule has 0 aromatic heterocycles. The van der Waals surface area contributed by atoms with Crippen LogP contribution in [-0.2, 0) is 9.47 Å². The molecular formula is C25H40N3O3. The first-order chi connectivity index (χ1) is 15.2. The van der Waals surface area contributed by atoms with Crippen LogP contribution in [0.4, 0.5) is 4.79 Å². The Kier molecular flexibility index (Phi) is 10.1. The molecule has 2 N–H and O–H groups in total. The minimum atomic E-state index is 0.0170. The summed E-state index contributed by atoms with van der Waals surface area (Å²) in [7, 11) is 1.95. The number of amides is 2. The largest absolute Gasteiger partial charge is 0.381 e. The van der Waals surface area contributed by atoms with Crippen molar-refractivity contribution in [1.82, 2.24) is 15.5 Å². The molecule has 2 heterocycles. The van der Waals surface area contributed by atoms with Crippen molar-refractivity contribution in [2.45, 2.75) is 51.2 Å². The van der Waals surface area contributed by atoms with Crippen molar-refractivity contribution in [3.05, 3.63) is 42.3 Å². The third-order valence-electron chi connectivity index (χ3n) is 6.48. The van der Waals surface area contributed by atoms with Crippen molar-refractivity contribution >= 4 is 6.03 Å². The molecule has 0 unspecified atom stereocenters. The molecule has 1 aromatic carbocycles. The van der Waals surface area contributed by atoms with E-state index in [1.165, 1.54) is 5.56 Å². The van der Waals surface area contributed by atoms with Crippen LogP contribution in [0, 0.1) is 18.3 Å². The van der Waals surface area contributed by atoms with Crippen LogP contribution in [0.3, 0.4) is 0 Å². The third kappa shape index (κ3) is 7.48. The predicted molar refractivity (Wildman–Crippen MR) is 124 cm³/mol. The van der Waals surface area contributed by atoms with Gasteiger partial charge in [-0.1, -0.05) is 37.3 Å². The molecule has 2 saturated heterocycles. The molecule has 2 fully saturated rings. The maximum atomic E-state index is 13.2. The first kappa shape index (κ1) is 24.0. The standard InChI is InChI=1S/C25H40N3O3/c1-3-14-31-24(21-8-5-4-6-9-21)22-10-7-13-28(19-22)25(29)27-23(18-26-2)17-20-11-15-30-16-12-20/h3-6,8-9,20,22-24,26H,7,10-19H2,1-2H3,(H,27,29)/t22-,23+,24+/m1/s1. The fourth-order valence-corrected chi connectivity index (χ4v) is 4.88. The van der Waals surface area contributed by atoms with Crippen LogP contribution < -0.4 is 10.6 Å². The van der Waals surface area contributed by atoms with Crippen molar-refractivity contribution in [1.29, 1.82) is 0 Å². The van der Waals surface area contributed by atoms with Gasteiger partial charge in [0.05, 0.1) is 12.7 Å². The highest BCUT2D eigenvalue weighted by Gasteiger charge is 2.32. The second kappa shape index (κ2) is 13.0. The van der Waals surface area contributed by atoms with E-state index in [1.807, 2.05) is 31.4 Å². The van der Waals surface area contributed by atoms with Gasteiger partial charge in [0.1, 0.15) is 0 Å². The first-order valence-corrected chi connectivity index (χ1v) is 11.9. The van der Waals surface area contributed by atoms with E-state index in [0.717, 1.165) is 65.0 Å². The molecule has 1 aromatic rings. The lowest BCUT2D eigenvalue weighted by Crippen LogP contribution is -2.52. The number of likely N-dealkylation sites (tertiary alicyclic amines) is 1. The lowest BCUT2D eigenvalue weighted by molar-refractivity contribution is -0.000545. The molecule has 0 spiro atoms. The van der Waals surface area contributed by atoms with E-state index in [4.69, 9.17) is 9.47 Å². The predicted octanol–water partition coefficient (Wildman–Crippen LogP) is 3.79. The summed E-state index contributed by atoms with van der Waals surface area (Å²) in [5, 5.41) is 6.56. The molecule has 2 aliphatic rings. The van der Waals surface area contributed by atoms with Gasteiger partial charge in [0.25, 0.3) is 0 Å². The number of benzene rings is 1. The highest BCUT2D eigenvalue weighted by atomic mass is 16.5. The van der Waals surface area contributed by atoms with Crippen LogP contribution in [0.25, 0.3) is 0 Å². The van der Waals surface area contributed by atoms with Crippen LogP contribution in [0.2, 0.25) is 0 Å². The number of ether oxygens (including phenoxy) is 2. The highest BCUT2D eigenvalue weighted by molar-refractivity contribution is 5.74. The summed E-state index contributed by atoms with van der Waals surface area (Å²) >= 11 is 0. The number of nitrogens with one attached hydrogen (secondary N) is 2. The fourth-order valence-electron chi connectivity index (χ4n) is 4.88. The summed E-state index contributed by atoms with van der Waals surface area (Å²) in [6.07, 6.45) is 7.34. The van der Waals surface area contributed by atoms with Crippen LogP contribution in [0.15, 0.2) is 30.3 Å². The Morgan fingerprint density at radius 3 is 2.74 bits per heavy atom. The number of piperidine rings is 1. The first-order valence-electron chi connectivity index (χ1n) is 11.9. The maximum absolute atomic E-state index is 13.2. The normalized spacial score (nSPS) is 22.1. The van der Waals surface area contributed by atoms with Crippen LogP contribution >= 0.6 is 0 Å². The molecule has 1 radical (unpaired) electrons. The molecule has 31 heavy (non-hydrogen) atoms. The molecule has 0 saturated carbocycles. The van der Waals surface area contributed by atoms with Gasteiger partial charge in [-0.25, -0.2) is 4.79 Å². The molecule has 3 atom stereocenters. The van der Waals surface area contributed by atoms with E-state index < -0.39 is 0 Å². The number of carbonyl (C=O) groups is 1.